The van der Waals surface area contributed by atoms with E-state index in [2.05, 4.69) is 9.97 Å². The van der Waals surface area contributed by atoms with Gasteiger partial charge < -0.3 is 15.6 Å². The maximum atomic E-state index is 13.7. The fraction of sp³-hybridized carbons (Fsp3) is 0.500. The van der Waals surface area contributed by atoms with Gasteiger partial charge in [-0.05, 0) is 25.1 Å². The summed E-state index contributed by atoms with van der Waals surface area (Å²) in [6.07, 6.45) is 0.404. The second kappa shape index (κ2) is 6.74. The zero-order chi connectivity index (χ0) is 16.4. The van der Waals surface area contributed by atoms with E-state index in [1.165, 1.54) is 0 Å². The molecule has 1 aliphatic heterocycles. The van der Waals surface area contributed by atoms with Crippen LogP contribution in [0.5, 0.6) is 5.88 Å². The molecule has 7 heteroatoms. The topological polar surface area (TPSA) is 84.5 Å². The Kier molecular flexibility index (Phi) is 4.70. The molecule has 1 fully saturated rings. The summed E-state index contributed by atoms with van der Waals surface area (Å²) in [6.45, 7) is 1.27. The molecule has 2 unspecified atom stereocenters. The molecule has 1 saturated heterocycles. The van der Waals surface area contributed by atoms with Crippen molar-refractivity contribution in [1.29, 1.82) is 0 Å². The third-order valence-corrected chi connectivity index (χ3v) is 4.26. The number of hydrogen-bond donors (Lipinski definition) is 2. The molecule has 2 aromatic heterocycles. The first-order valence-electron chi connectivity index (χ1n) is 7.68. The molecule has 3 rings (SSSR count). The maximum Gasteiger partial charge on any atom is 0.213 e. The molecule has 0 bridgehead atoms. The molecule has 6 nitrogen and oxygen atoms in total. The SMILES string of the molecule is COc1ccc2nccc([C@@H](O)CN3CCC(N)C(F)C3)c2n1. The Labute approximate surface area is 134 Å². The molecule has 124 valence electrons. The van der Waals surface area contributed by atoms with E-state index in [0.717, 1.165) is 0 Å². The standard InChI is InChI=1S/C16H21FN4O2/c1-23-15-3-2-13-16(20-15)10(4-6-19-13)14(22)9-21-7-5-12(18)11(17)8-21/h2-4,6,11-12,14,22H,5,7-9,18H2,1H3/t11?,12?,14-/m0/s1. The van der Waals surface area contributed by atoms with Gasteiger partial charge in [-0.1, -0.05) is 0 Å². The van der Waals surface area contributed by atoms with Crippen molar-refractivity contribution in [3.63, 3.8) is 0 Å². The van der Waals surface area contributed by atoms with Gasteiger partial charge in [0.2, 0.25) is 5.88 Å². The number of aliphatic hydroxyl groups excluding tert-OH is 1. The highest BCUT2D eigenvalue weighted by atomic mass is 19.1. The molecule has 0 aromatic carbocycles. The molecule has 2 aromatic rings. The number of methoxy groups -OCH3 is 1. The monoisotopic (exact) mass is 320 g/mol. The van der Waals surface area contributed by atoms with Gasteiger partial charge in [0.15, 0.2) is 0 Å². The van der Waals surface area contributed by atoms with Crippen LogP contribution in [0.25, 0.3) is 11.0 Å². The second-order valence-corrected chi connectivity index (χ2v) is 5.87. The summed E-state index contributed by atoms with van der Waals surface area (Å²) >= 11 is 0. The molecule has 23 heavy (non-hydrogen) atoms. The summed E-state index contributed by atoms with van der Waals surface area (Å²) in [6, 6.07) is 4.86. The highest BCUT2D eigenvalue weighted by Crippen LogP contribution is 2.25. The summed E-state index contributed by atoms with van der Waals surface area (Å²) in [5, 5.41) is 10.6. The highest BCUT2D eigenvalue weighted by Gasteiger charge is 2.28. The van der Waals surface area contributed by atoms with Crippen molar-refractivity contribution >= 4 is 11.0 Å². The lowest BCUT2D eigenvalue weighted by Crippen LogP contribution is -2.49. The van der Waals surface area contributed by atoms with Gasteiger partial charge in [-0.15, -0.1) is 0 Å². The number of piperidine rings is 1. The van der Waals surface area contributed by atoms with Crippen molar-refractivity contribution in [3.8, 4) is 5.88 Å². The van der Waals surface area contributed by atoms with Gasteiger partial charge in [0.05, 0.1) is 24.2 Å². The predicted molar refractivity (Wildman–Crippen MR) is 85.0 cm³/mol. The summed E-state index contributed by atoms with van der Waals surface area (Å²) in [5.74, 6) is 0.465. The van der Waals surface area contributed by atoms with Crippen LogP contribution >= 0.6 is 0 Å². The fourth-order valence-corrected chi connectivity index (χ4v) is 2.90. The van der Waals surface area contributed by atoms with Crippen LogP contribution in [0.3, 0.4) is 0 Å². The molecule has 0 amide bonds. The van der Waals surface area contributed by atoms with Crippen LogP contribution in [0.1, 0.15) is 18.1 Å². The Morgan fingerprint density at radius 1 is 1.48 bits per heavy atom. The maximum absolute atomic E-state index is 13.7. The number of nitrogens with zero attached hydrogens (tertiary/aromatic N) is 3. The number of nitrogens with two attached hydrogens (primary N) is 1. The van der Waals surface area contributed by atoms with E-state index in [9.17, 15) is 9.50 Å². The van der Waals surface area contributed by atoms with Gasteiger partial charge in [0, 0.05) is 37.0 Å². The van der Waals surface area contributed by atoms with Crippen LogP contribution < -0.4 is 10.5 Å². The number of aromatic nitrogens is 2. The molecule has 3 heterocycles. The molecular weight excluding hydrogens is 299 g/mol. The largest absolute Gasteiger partial charge is 0.481 e. The van der Waals surface area contributed by atoms with E-state index in [1.54, 1.807) is 31.5 Å². The number of halogens is 1. The number of likely N-dealkylation sites (tertiary alicyclic amines) is 1. The third kappa shape index (κ3) is 3.41. The average molecular weight is 320 g/mol. The Morgan fingerprint density at radius 2 is 2.30 bits per heavy atom. The lowest BCUT2D eigenvalue weighted by molar-refractivity contribution is 0.0651. The number of β-amino-alcohol motifs (C(OH)–C–C–N with tert-alkyl or cyclic N) is 1. The smallest absolute Gasteiger partial charge is 0.213 e. The molecule has 0 radical (unpaired) electrons. The number of ether oxygens (including phenoxy) is 1. The van der Waals surface area contributed by atoms with Crippen molar-refractivity contribution < 1.29 is 14.2 Å². The number of hydrogen-bond acceptors (Lipinski definition) is 6. The molecule has 0 saturated carbocycles. The molecule has 0 spiro atoms. The first-order valence-corrected chi connectivity index (χ1v) is 7.68. The second-order valence-electron chi connectivity index (χ2n) is 5.87. The van der Waals surface area contributed by atoms with Crippen molar-refractivity contribution in [2.45, 2.75) is 24.7 Å². The minimum atomic E-state index is -1.05. The van der Waals surface area contributed by atoms with E-state index in [1.807, 2.05) is 4.90 Å². The first-order chi connectivity index (χ1) is 11.1. The minimum Gasteiger partial charge on any atom is -0.481 e. The molecule has 3 N–H and O–H groups in total. The van der Waals surface area contributed by atoms with Crippen molar-refractivity contribution in [3.05, 3.63) is 30.0 Å². The van der Waals surface area contributed by atoms with E-state index in [4.69, 9.17) is 10.5 Å². The fourth-order valence-electron chi connectivity index (χ4n) is 2.90. The first kappa shape index (κ1) is 16.0. The lowest BCUT2D eigenvalue weighted by Gasteiger charge is -2.34. The average Bonchev–Trinajstić information content (AvgIpc) is 2.57. The van der Waals surface area contributed by atoms with Crippen molar-refractivity contribution in [2.24, 2.45) is 5.73 Å². The number of fused-ring (bicyclic) bond motifs is 1. The van der Waals surface area contributed by atoms with Gasteiger partial charge in [-0.3, -0.25) is 9.88 Å². The van der Waals surface area contributed by atoms with Gasteiger partial charge in [0.25, 0.3) is 0 Å². The highest BCUT2D eigenvalue weighted by molar-refractivity contribution is 5.78. The zero-order valence-electron chi connectivity index (χ0n) is 13.0. The zero-order valence-corrected chi connectivity index (χ0v) is 13.0. The normalized spacial score (nSPS) is 23.8. The minimum absolute atomic E-state index is 0.248. The summed E-state index contributed by atoms with van der Waals surface area (Å²) in [4.78, 5) is 10.5. The van der Waals surface area contributed by atoms with E-state index in [0.29, 0.717) is 42.0 Å². The van der Waals surface area contributed by atoms with E-state index >= 15 is 0 Å². The van der Waals surface area contributed by atoms with E-state index in [-0.39, 0.29) is 6.54 Å². The Morgan fingerprint density at radius 3 is 3.04 bits per heavy atom. The van der Waals surface area contributed by atoms with Crippen LogP contribution in [0.4, 0.5) is 4.39 Å². The summed E-state index contributed by atoms with van der Waals surface area (Å²) in [5.41, 5.74) is 7.65. The van der Waals surface area contributed by atoms with Gasteiger partial charge in [-0.2, -0.15) is 0 Å². The third-order valence-electron chi connectivity index (χ3n) is 4.26. The van der Waals surface area contributed by atoms with E-state index < -0.39 is 18.3 Å². The van der Waals surface area contributed by atoms with Crippen LogP contribution in [-0.4, -0.2) is 58.9 Å². The van der Waals surface area contributed by atoms with Gasteiger partial charge in [0.1, 0.15) is 6.17 Å². The van der Waals surface area contributed by atoms with Crippen LogP contribution in [-0.2, 0) is 0 Å². The summed E-state index contributed by atoms with van der Waals surface area (Å²) < 4.78 is 18.9. The van der Waals surface area contributed by atoms with Crippen LogP contribution in [0.15, 0.2) is 24.4 Å². The van der Waals surface area contributed by atoms with Crippen LogP contribution in [0, 0.1) is 0 Å². The Bertz CT molecular complexity index is 684. The molecule has 0 aliphatic carbocycles. The molecular formula is C16H21FN4O2. The molecule has 3 atom stereocenters. The number of rotatable bonds is 4. The summed E-state index contributed by atoms with van der Waals surface area (Å²) in [7, 11) is 1.54. The van der Waals surface area contributed by atoms with Gasteiger partial charge >= 0.3 is 0 Å². The molecule has 1 aliphatic rings. The van der Waals surface area contributed by atoms with Crippen molar-refractivity contribution in [1.82, 2.24) is 14.9 Å². The number of aliphatic hydroxyl groups is 1. The Hall–Kier alpha value is -1.83. The number of pyridine rings is 2. The van der Waals surface area contributed by atoms with Gasteiger partial charge in [-0.25, -0.2) is 9.37 Å². The Balaban J connectivity index is 1.81. The lowest BCUT2D eigenvalue weighted by atomic mass is 10.0. The number of alkyl halides is 1. The quantitative estimate of drug-likeness (QED) is 0.876. The van der Waals surface area contributed by atoms with Crippen LogP contribution in [0.2, 0.25) is 0 Å². The van der Waals surface area contributed by atoms with Crippen molar-refractivity contribution in [2.75, 3.05) is 26.7 Å². The predicted octanol–water partition coefficient (Wildman–Crippen LogP) is 1.04.